The molecule has 5 heteroatoms. The van der Waals surface area contributed by atoms with Crippen LogP contribution in [0.25, 0.3) is 11.0 Å². The molecule has 0 spiro atoms. The molecule has 23 heavy (non-hydrogen) atoms. The van der Waals surface area contributed by atoms with E-state index in [0.29, 0.717) is 13.1 Å². The number of fused-ring (bicyclic) bond motifs is 1. The molecule has 2 aromatic carbocycles. The van der Waals surface area contributed by atoms with Crippen LogP contribution < -0.4 is 5.32 Å². The summed E-state index contributed by atoms with van der Waals surface area (Å²) < 4.78 is 1.95. The van der Waals surface area contributed by atoms with Gasteiger partial charge in [0.05, 0.1) is 11.0 Å². The van der Waals surface area contributed by atoms with Crippen LogP contribution in [0.1, 0.15) is 5.82 Å². The van der Waals surface area contributed by atoms with Gasteiger partial charge >= 0.3 is 0 Å². The minimum atomic E-state index is 0.0184. The van der Waals surface area contributed by atoms with Crippen molar-refractivity contribution in [3.8, 4) is 0 Å². The second-order valence-corrected chi connectivity index (χ2v) is 6.41. The molecule has 0 unspecified atom stereocenters. The SMILES string of the molecule is Cc1nc2ccccc2n1CC(=O)NCCSc1ccccc1. The van der Waals surface area contributed by atoms with Gasteiger partial charge in [0.1, 0.15) is 12.4 Å². The van der Waals surface area contributed by atoms with E-state index in [0.717, 1.165) is 22.6 Å². The number of rotatable bonds is 6. The van der Waals surface area contributed by atoms with Gasteiger partial charge in [0.2, 0.25) is 5.91 Å². The van der Waals surface area contributed by atoms with Crippen molar-refractivity contribution in [1.29, 1.82) is 0 Å². The first-order valence-electron chi connectivity index (χ1n) is 7.60. The minimum Gasteiger partial charge on any atom is -0.354 e. The van der Waals surface area contributed by atoms with Gasteiger partial charge in [-0.2, -0.15) is 0 Å². The van der Waals surface area contributed by atoms with Crippen molar-refractivity contribution < 1.29 is 4.79 Å². The lowest BCUT2D eigenvalue weighted by molar-refractivity contribution is -0.121. The molecule has 1 N–H and O–H groups in total. The molecule has 1 heterocycles. The van der Waals surface area contributed by atoms with E-state index in [2.05, 4.69) is 22.4 Å². The number of carbonyl (C=O) groups is 1. The van der Waals surface area contributed by atoms with Gasteiger partial charge in [0.25, 0.3) is 0 Å². The van der Waals surface area contributed by atoms with Crippen molar-refractivity contribution in [1.82, 2.24) is 14.9 Å². The molecule has 1 aromatic heterocycles. The first-order chi connectivity index (χ1) is 11.2. The number of para-hydroxylation sites is 2. The Morgan fingerprint density at radius 2 is 1.87 bits per heavy atom. The number of carbonyl (C=O) groups excluding carboxylic acids is 1. The maximum Gasteiger partial charge on any atom is 0.240 e. The fourth-order valence-corrected chi connectivity index (χ4v) is 3.26. The second-order valence-electron chi connectivity index (χ2n) is 5.25. The monoisotopic (exact) mass is 325 g/mol. The molecule has 0 saturated carbocycles. The molecule has 118 valence electrons. The third kappa shape index (κ3) is 3.93. The highest BCUT2D eigenvalue weighted by Gasteiger charge is 2.10. The maximum absolute atomic E-state index is 12.1. The van der Waals surface area contributed by atoms with Gasteiger partial charge in [-0.05, 0) is 31.2 Å². The number of hydrogen-bond donors (Lipinski definition) is 1. The zero-order valence-corrected chi connectivity index (χ0v) is 13.8. The second kappa shape index (κ2) is 7.33. The average molecular weight is 325 g/mol. The topological polar surface area (TPSA) is 46.9 Å². The van der Waals surface area contributed by atoms with Gasteiger partial charge in [-0.15, -0.1) is 11.8 Å². The maximum atomic E-state index is 12.1. The van der Waals surface area contributed by atoms with E-state index < -0.39 is 0 Å². The van der Waals surface area contributed by atoms with E-state index in [1.807, 2.05) is 54.0 Å². The Hall–Kier alpha value is -2.27. The molecule has 0 aliphatic heterocycles. The smallest absolute Gasteiger partial charge is 0.240 e. The first kappa shape index (κ1) is 15.6. The molecule has 3 aromatic rings. The summed E-state index contributed by atoms with van der Waals surface area (Å²) in [6, 6.07) is 18.1. The number of hydrogen-bond acceptors (Lipinski definition) is 3. The summed E-state index contributed by atoms with van der Waals surface area (Å²) in [5, 5.41) is 2.97. The van der Waals surface area contributed by atoms with Crippen molar-refractivity contribution >= 4 is 28.7 Å². The number of imidazole rings is 1. The molecule has 1 amide bonds. The number of nitrogens with one attached hydrogen (secondary N) is 1. The van der Waals surface area contributed by atoms with Crippen LogP contribution in [0.3, 0.4) is 0 Å². The van der Waals surface area contributed by atoms with Gasteiger partial charge in [-0.3, -0.25) is 4.79 Å². The molecule has 0 radical (unpaired) electrons. The van der Waals surface area contributed by atoms with Crippen LogP contribution in [-0.2, 0) is 11.3 Å². The van der Waals surface area contributed by atoms with Crippen LogP contribution in [0.2, 0.25) is 0 Å². The zero-order chi connectivity index (χ0) is 16.1. The standard InChI is InChI=1S/C18H19N3OS/c1-14-20-16-9-5-6-10-17(16)21(14)13-18(22)19-11-12-23-15-7-3-2-4-8-15/h2-10H,11-13H2,1H3,(H,19,22). The van der Waals surface area contributed by atoms with E-state index in [9.17, 15) is 4.79 Å². The van der Waals surface area contributed by atoms with Gasteiger partial charge in [0, 0.05) is 17.2 Å². The van der Waals surface area contributed by atoms with Crippen LogP contribution in [0, 0.1) is 6.92 Å². The minimum absolute atomic E-state index is 0.0184. The van der Waals surface area contributed by atoms with E-state index in [1.165, 1.54) is 4.90 Å². The van der Waals surface area contributed by atoms with E-state index in [-0.39, 0.29) is 5.91 Å². The quantitative estimate of drug-likeness (QED) is 0.559. The molecule has 0 aliphatic rings. The summed E-state index contributed by atoms with van der Waals surface area (Å²) in [4.78, 5) is 17.9. The summed E-state index contributed by atoms with van der Waals surface area (Å²) in [5.74, 6) is 1.74. The number of nitrogens with zero attached hydrogens (tertiary/aromatic N) is 2. The van der Waals surface area contributed by atoms with Gasteiger partial charge in [-0.25, -0.2) is 4.98 Å². The summed E-state index contributed by atoms with van der Waals surface area (Å²) in [6.07, 6.45) is 0. The molecule has 0 fully saturated rings. The molecule has 0 atom stereocenters. The van der Waals surface area contributed by atoms with Crippen molar-refractivity contribution in [3.63, 3.8) is 0 Å². The fraction of sp³-hybridized carbons (Fsp3) is 0.222. The van der Waals surface area contributed by atoms with Gasteiger partial charge in [0.15, 0.2) is 0 Å². The molecule has 0 bridgehead atoms. The van der Waals surface area contributed by atoms with Crippen LogP contribution in [0.4, 0.5) is 0 Å². The Labute approximate surface area is 139 Å². The van der Waals surface area contributed by atoms with Crippen molar-refractivity contribution in [2.24, 2.45) is 0 Å². The number of aryl methyl sites for hydroxylation is 1. The Balaban J connectivity index is 1.52. The largest absolute Gasteiger partial charge is 0.354 e. The number of benzene rings is 2. The van der Waals surface area contributed by atoms with Crippen LogP contribution >= 0.6 is 11.8 Å². The third-order valence-corrected chi connectivity index (χ3v) is 4.60. The fourth-order valence-electron chi connectivity index (χ4n) is 2.47. The first-order valence-corrected chi connectivity index (χ1v) is 8.59. The number of amides is 1. The third-order valence-electron chi connectivity index (χ3n) is 3.58. The molecular weight excluding hydrogens is 306 g/mol. The van der Waals surface area contributed by atoms with Crippen molar-refractivity contribution in [2.75, 3.05) is 12.3 Å². The normalized spacial score (nSPS) is 10.8. The van der Waals surface area contributed by atoms with Crippen molar-refractivity contribution in [3.05, 3.63) is 60.4 Å². The highest BCUT2D eigenvalue weighted by atomic mass is 32.2. The Morgan fingerprint density at radius 3 is 2.70 bits per heavy atom. The highest BCUT2D eigenvalue weighted by Crippen LogP contribution is 2.16. The molecule has 0 aliphatic carbocycles. The van der Waals surface area contributed by atoms with Crippen molar-refractivity contribution in [2.45, 2.75) is 18.4 Å². The molecule has 3 rings (SSSR count). The van der Waals surface area contributed by atoms with Crippen LogP contribution in [-0.4, -0.2) is 27.8 Å². The van der Waals surface area contributed by atoms with E-state index in [1.54, 1.807) is 11.8 Å². The number of aromatic nitrogens is 2. The zero-order valence-electron chi connectivity index (χ0n) is 13.0. The lowest BCUT2D eigenvalue weighted by Gasteiger charge is -2.08. The van der Waals surface area contributed by atoms with E-state index >= 15 is 0 Å². The molecule has 0 saturated heterocycles. The Morgan fingerprint density at radius 1 is 1.13 bits per heavy atom. The van der Waals surface area contributed by atoms with Gasteiger partial charge in [-0.1, -0.05) is 30.3 Å². The van der Waals surface area contributed by atoms with Crippen LogP contribution in [0.5, 0.6) is 0 Å². The highest BCUT2D eigenvalue weighted by molar-refractivity contribution is 7.99. The Bertz CT molecular complexity index is 798. The summed E-state index contributed by atoms with van der Waals surface area (Å²) in [5.41, 5.74) is 1.93. The summed E-state index contributed by atoms with van der Waals surface area (Å²) >= 11 is 1.74. The summed E-state index contributed by atoms with van der Waals surface area (Å²) in [6.45, 7) is 2.89. The molecular formula is C18H19N3OS. The lowest BCUT2D eigenvalue weighted by atomic mass is 10.3. The van der Waals surface area contributed by atoms with E-state index in [4.69, 9.17) is 0 Å². The van der Waals surface area contributed by atoms with Crippen LogP contribution in [0.15, 0.2) is 59.5 Å². The summed E-state index contributed by atoms with van der Waals surface area (Å²) in [7, 11) is 0. The van der Waals surface area contributed by atoms with Gasteiger partial charge < -0.3 is 9.88 Å². The Kier molecular flexibility index (Phi) is 4.98. The average Bonchev–Trinajstić information content (AvgIpc) is 2.88. The predicted octanol–water partition coefficient (Wildman–Crippen LogP) is 3.25. The molecule has 4 nitrogen and oxygen atoms in total. The number of thioether (sulfide) groups is 1. The predicted molar refractivity (Wildman–Crippen MR) is 94.6 cm³/mol. The lowest BCUT2D eigenvalue weighted by Crippen LogP contribution is -2.29.